The molecule has 3 rings (SSSR count). The van der Waals surface area contributed by atoms with Crippen molar-refractivity contribution >= 4 is 28.2 Å². The van der Waals surface area contributed by atoms with Crippen molar-refractivity contribution in [3.8, 4) is 0 Å². The molecule has 1 fully saturated rings. The number of hydrogen-bond acceptors (Lipinski definition) is 4. The van der Waals surface area contributed by atoms with Gasteiger partial charge >= 0.3 is 0 Å². The van der Waals surface area contributed by atoms with Crippen molar-refractivity contribution in [1.82, 2.24) is 14.5 Å². The molecule has 2 unspecified atom stereocenters. The average molecular weight is 307 g/mol. The molecule has 0 aromatic carbocycles. The molecular weight excluding hydrogens is 286 g/mol. The minimum absolute atomic E-state index is 0.415. The van der Waals surface area contributed by atoms with Crippen molar-refractivity contribution in [2.24, 2.45) is 5.92 Å². The van der Waals surface area contributed by atoms with Crippen LogP contribution in [-0.4, -0.2) is 21.0 Å². The van der Waals surface area contributed by atoms with Crippen molar-refractivity contribution < 1.29 is 0 Å². The first-order valence-electron chi connectivity index (χ1n) is 7.30. The molecule has 1 aromatic rings. The lowest BCUT2D eigenvalue weighted by atomic mass is 9.95. The van der Waals surface area contributed by atoms with Crippen LogP contribution in [0.25, 0.3) is 5.57 Å². The number of allylic oxidation sites excluding steroid dienone is 4. The lowest BCUT2D eigenvalue weighted by Crippen LogP contribution is -2.26. The Morgan fingerprint density at radius 2 is 2.35 bits per heavy atom. The average Bonchev–Trinajstić information content (AvgIpc) is 2.97. The summed E-state index contributed by atoms with van der Waals surface area (Å²) >= 11 is 4.38. The van der Waals surface area contributed by atoms with Gasteiger partial charge in [0.05, 0.1) is 17.4 Å². The van der Waals surface area contributed by atoms with E-state index in [0.29, 0.717) is 12.0 Å². The smallest absolute Gasteiger partial charge is 0.0920 e. The van der Waals surface area contributed by atoms with E-state index in [1.54, 1.807) is 11.0 Å². The number of hydrogen-bond donors (Lipinski definition) is 2. The highest BCUT2D eigenvalue weighted by atomic mass is 33.1. The molecule has 0 saturated carbocycles. The number of nitrogens with one attached hydrogen (secondary N) is 1. The first-order valence-corrected chi connectivity index (χ1v) is 9.12. The first kappa shape index (κ1) is 14.3. The van der Waals surface area contributed by atoms with Crippen LogP contribution in [0.2, 0.25) is 0 Å². The lowest BCUT2D eigenvalue weighted by molar-refractivity contribution is 0.276. The van der Waals surface area contributed by atoms with Gasteiger partial charge in [0.15, 0.2) is 0 Å². The van der Waals surface area contributed by atoms with Gasteiger partial charge in [-0.25, -0.2) is 4.31 Å². The minimum Gasteiger partial charge on any atom is -0.280 e. The van der Waals surface area contributed by atoms with Crippen LogP contribution in [0.5, 0.6) is 0 Å². The summed E-state index contributed by atoms with van der Waals surface area (Å²) in [5.74, 6) is 0.606. The van der Waals surface area contributed by atoms with Crippen LogP contribution >= 0.6 is 22.6 Å². The Labute approximate surface area is 129 Å². The predicted octanol–water partition coefficient (Wildman–Crippen LogP) is 4.41. The highest BCUT2D eigenvalue weighted by Gasteiger charge is 2.25. The van der Waals surface area contributed by atoms with Crippen LogP contribution in [0, 0.1) is 5.92 Å². The number of H-pyrrole nitrogens is 1. The topological polar surface area (TPSA) is 31.9 Å². The van der Waals surface area contributed by atoms with Crippen molar-refractivity contribution in [2.45, 2.75) is 38.6 Å². The van der Waals surface area contributed by atoms with Gasteiger partial charge in [-0.15, -0.1) is 0 Å². The van der Waals surface area contributed by atoms with Gasteiger partial charge in [0.2, 0.25) is 0 Å². The second-order valence-corrected chi connectivity index (χ2v) is 6.80. The second-order valence-electron chi connectivity index (χ2n) is 5.68. The molecule has 1 aliphatic carbocycles. The third-order valence-electron chi connectivity index (χ3n) is 4.08. The molecule has 0 amide bonds. The van der Waals surface area contributed by atoms with Gasteiger partial charge < -0.3 is 0 Å². The van der Waals surface area contributed by atoms with E-state index in [9.17, 15) is 0 Å². The van der Waals surface area contributed by atoms with Gasteiger partial charge in [-0.3, -0.25) is 5.10 Å². The van der Waals surface area contributed by atoms with Crippen LogP contribution in [0.1, 0.15) is 50.0 Å². The molecule has 5 heteroatoms. The quantitative estimate of drug-likeness (QED) is 0.493. The van der Waals surface area contributed by atoms with E-state index in [2.05, 4.69) is 57.4 Å². The second kappa shape index (κ2) is 6.41. The molecule has 1 aromatic heterocycles. The summed E-state index contributed by atoms with van der Waals surface area (Å²) in [6.07, 6.45) is 11.6. The Morgan fingerprint density at radius 3 is 3.15 bits per heavy atom. The summed E-state index contributed by atoms with van der Waals surface area (Å²) in [7, 11) is 1.55. The third-order valence-corrected chi connectivity index (χ3v) is 5.36. The fourth-order valence-corrected chi connectivity index (χ4v) is 4.11. The molecular formula is C15H21N3S2. The molecule has 108 valence electrons. The fraction of sp³-hybridized carbons (Fsp3) is 0.533. The van der Waals surface area contributed by atoms with E-state index in [0.717, 1.165) is 18.7 Å². The SMILES string of the molecule is CC1C=C(c2cc(C3CCCCN3SS)[nH]n2)C=CC1. The van der Waals surface area contributed by atoms with Crippen LogP contribution in [0.3, 0.4) is 0 Å². The molecule has 20 heavy (non-hydrogen) atoms. The van der Waals surface area contributed by atoms with E-state index in [-0.39, 0.29) is 0 Å². The number of thiol groups is 1. The predicted molar refractivity (Wildman–Crippen MR) is 89.4 cm³/mol. The number of aromatic nitrogens is 2. The van der Waals surface area contributed by atoms with E-state index in [1.165, 1.54) is 30.5 Å². The number of rotatable bonds is 3. The first-order chi connectivity index (χ1) is 9.78. The molecule has 1 aliphatic heterocycles. The van der Waals surface area contributed by atoms with Gasteiger partial charge in [0, 0.05) is 6.54 Å². The van der Waals surface area contributed by atoms with Crippen LogP contribution in [-0.2, 0) is 0 Å². The van der Waals surface area contributed by atoms with Crippen molar-refractivity contribution in [3.63, 3.8) is 0 Å². The number of aromatic amines is 1. The minimum atomic E-state index is 0.415. The van der Waals surface area contributed by atoms with Gasteiger partial charge in [0.1, 0.15) is 0 Å². The number of nitrogens with zero attached hydrogens (tertiary/aromatic N) is 2. The van der Waals surface area contributed by atoms with Gasteiger partial charge in [-0.05, 0) is 47.8 Å². The van der Waals surface area contributed by atoms with Gasteiger partial charge in [-0.1, -0.05) is 43.2 Å². The molecule has 2 heterocycles. The maximum absolute atomic E-state index is 4.51. The lowest BCUT2D eigenvalue weighted by Gasteiger charge is -2.32. The van der Waals surface area contributed by atoms with Crippen LogP contribution in [0.15, 0.2) is 24.3 Å². The zero-order valence-corrected chi connectivity index (χ0v) is 13.5. The number of piperidine rings is 1. The van der Waals surface area contributed by atoms with E-state index >= 15 is 0 Å². The van der Waals surface area contributed by atoms with Gasteiger partial charge in [-0.2, -0.15) is 5.10 Å². The Hall–Kier alpha value is -0.650. The largest absolute Gasteiger partial charge is 0.280 e. The maximum atomic E-state index is 4.51. The fourth-order valence-electron chi connectivity index (χ4n) is 2.98. The maximum Gasteiger partial charge on any atom is 0.0920 e. The molecule has 1 N–H and O–H groups in total. The van der Waals surface area contributed by atoms with Crippen molar-refractivity contribution in [1.29, 1.82) is 0 Å². The van der Waals surface area contributed by atoms with E-state index in [1.807, 2.05) is 0 Å². The molecule has 2 atom stereocenters. The normalized spacial score (nSPS) is 27.6. The van der Waals surface area contributed by atoms with Crippen LogP contribution in [0.4, 0.5) is 0 Å². The Balaban J connectivity index is 1.81. The summed E-state index contributed by atoms with van der Waals surface area (Å²) < 4.78 is 2.34. The summed E-state index contributed by atoms with van der Waals surface area (Å²) in [6, 6.07) is 2.62. The molecule has 0 bridgehead atoms. The Kier molecular flexibility index (Phi) is 4.58. The summed E-state index contributed by atoms with van der Waals surface area (Å²) in [5, 5.41) is 7.75. The highest BCUT2D eigenvalue weighted by Crippen LogP contribution is 2.37. The van der Waals surface area contributed by atoms with E-state index in [4.69, 9.17) is 0 Å². The zero-order chi connectivity index (χ0) is 13.9. The third kappa shape index (κ3) is 3.00. The zero-order valence-electron chi connectivity index (χ0n) is 11.7. The summed E-state index contributed by atoms with van der Waals surface area (Å²) in [5.41, 5.74) is 3.53. The van der Waals surface area contributed by atoms with Crippen molar-refractivity contribution in [3.05, 3.63) is 35.7 Å². The molecule has 0 spiro atoms. The molecule has 1 saturated heterocycles. The Bertz CT molecular complexity index is 521. The van der Waals surface area contributed by atoms with Gasteiger partial charge in [0.25, 0.3) is 0 Å². The standard InChI is InChI=1S/C15H21N3S2/c1-11-5-4-6-12(9-11)13-10-14(17-16-13)15-7-2-3-8-18(15)20-19/h4,6,9-11,15,19H,2-3,5,7-8H2,1H3,(H,16,17). The van der Waals surface area contributed by atoms with Crippen LogP contribution < -0.4 is 0 Å². The Morgan fingerprint density at radius 1 is 1.45 bits per heavy atom. The monoisotopic (exact) mass is 307 g/mol. The highest BCUT2D eigenvalue weighted by molar-refractivity contribution is 8.67. The van der Waals surface area contributed by atoms with Crippen molar-refractivity contribution in [2.75, 3.05) is 6.54 Å². The summed E-state index contributed by atoms with van der Waals surface area (Å²) in [4.78, 5) is 0. The molecule has 0 radical (unpaired) electrons. The molecule has 2 aliphatic rings. The summed E-state index contributed by atoms with van der Waals surface area (Å²) in [6.45, 7) is 3.35. The van der Waals surface area contributed by atoms with E-state index < -0.39 is 0 Å². The molecule has 3 nitrogen and oxygen atoms in total.